The van der Waals surface area contributed by atoms with E-state index in [2.05, 4.69) is 10.6 Å². The van der Waals surface area contributed by atoms with Crippen molar-refractivity contribution < 1.29 is 19.3 Å². The molecule has 3 amide bonds. The highest BCUT2D eigenvalue weighted by Crippen LogP contribution is 2.21. The second-order valence-corrected chi connectivity index (χ2v) is 6.33. The number of quaternary nitrogens is 1. The second kappa shape index (κ2) is 9.53. The molecule has 0 aliphatic heterocycles. The lowest BCUT2D eigenvalue weighted by Crippen LogP contribution is -2.88. The SMILES string of the molecule is CCNC(=O)NC(=O)[C@H]([NH2+][C@H](c1ccccc1)c1ccco1)c1ccccc1. The number of hydrogen-bond acceptors (Lipinski definition) is 3. The van der Waals surface area contributed by atoms with Crippen molar-refractivity contribution in [1.29, 1.82) is 0 Å². The van der Waals surface area contributed by atoms with E-state index in [-0.39, 0.29) is 11.9 Å². The highest BCUT2D eigenvalue weighted by Gasteiger charge is 2.32. The quantitative estimate of drug-likeness (QED) is 0.590. The van der Waals surface area contributed by atoms with Crippen molar-refractivity contribution in [3.8, 4) is 0 Å². The van der Waals surface area contributed by atoms with Crippen LogP contribution in [0.25, 0.3) is 0 Å². The lowest BCUT2D eigenvalue weighted by Gasteiger charge is -2.21. The fourth-order valence-electron chi connectivity index (χ4n) is 3.10. The summed E-state index contributed by atoms with van der Waals surface area (Å²) >= 11 is 0. The van der Waals surface area contributed by atoms with Gasteiger partial charge in [0, 0.05) is 17.7 Å². The largest absolute Gasteiger partial charge is 0.463 e. The zero-order chi connectivity index (χ0) is 19.8. The molecule has 3 aromatic rings. The number of imide groups is 1. The molecule has 0 radical (unpaired) electrons. The first-order chi connectivity index (χ1) is 13.7. The molecule has 2 atom stereocenters. The summed E-state index contributed by atoms with van der Waals surface area (Å²) in [4.78, 5) is 24.8. The van der Waals surface area contributed by atoms with Crippen LogP contribution in [0, 0.1) is 0 Å². The lowest BCUT2D eigenvalue weighted by molar-refractivity contribution is -0.715. The first-order valence-corrected chi connectivity index (χ1v) is 9.26. The molecule has 0 aliphatic carbocycles. The Morgan fingerprint density at radius 3 is 2.14 bits per heavy atom. The van der Waals surface area contributed by atoms with Gasteiger partial charge in [-0.15, -0.1) is 0 Å². The zero-order valence-electron chi connectivity index (χ0n) is 15.7. The molecule has 0 unspecified atom stereocenters. The number of furan rings is 1. The first kappa shape index (κ1) is 19.4. The third-order valence-electron chi connectivity index (χ3n) is 4.41. The summed E-state index contributed by atoms with van der Waals surface area (Å²) in [7, 11) is 0. The Labute approximate surface area is 164 Å². The van der Waals surface area contributed by atoms with Crippen LogP contribution in [0.15, 0.2) is 83.5 Å². The average Bonchev–Trinajstić information content (AvgIpc) is 3.24. The molecule has 0 bridgehead atoms. The maximum atomic E-state index is 12.9. The van der Waals surface area contributed by atoms with Gasteiger partial charge in [-0.2, -0.15) is 0 Å². The van der Waals surface area contributed by atoms with Crippen LogP contribution in [0.4, 0.5) is 4.79 Å². The van der Waals surface area contributed by atoms with Crippen molar-refractivity contribution in [2.45, 2.75) is 19.0 Å². The maximum Gasteiger partial charge on any atom is 0.321 e. The molecule has 4 N–H and O–H groups in total. The van der Waals surface area contributed by atoms with Crippen LogP contribution in [0.1, 0.15) is 35.9 Å². The molecule has 0 fully saturated rings. The molecule has 3 rings (SSSR count). The van der Waals surface area contributed by atoms with Gasteiger partial charge in [0.25, 0.3) is 5.91 Å². The minimum absolute atomic E-state index is 0.235. The van der Waals surface area contributed by atoms with Crippen molar-refractivity contribution in [2.24, 2.45) is 0 Å². The van der Waals surface area contributed by atoms with Crippen LogP contribution in [-0.4, -0.2) is 18.5 Å². The van der Waals surface area contributed by atoms with Crippen LogP contribution in [0.5, 0.6) is 0 Å². The highest BCUT2D eigenvalue weighted by molar-refractivity contribution is 5.96. The van der Waals surface area contributed by atoms with Gasteiger partial charge in [0.05, 0.1) is 6.26 Å². The number of urea groups is 1. The number of benzene rings is 2. The van der Waals surface area contributed by atoms with E-state index in [1.165, 1.54) is 0 Å². The number of carbonyl (C=O) groups excluding carboxylic acids is 2. The van der Waals surface area contributed by atoms with E-state index in [9.17, 15) is 9.59 Å². The highest BCUT2D eigenvalue weighted by atomic mass is 16.3. The normalized spacial score (nSPS) is 12.8. The summed E-state index contributed by atoms with van der Waals surface area (Å²) in [6.45, 7) is 2.24. The van der Waals surface area contributed by atoms with Crippen LogP contribution in [0.3, 0.4) is 0 Å². The minimum atomic E-state index is -0.626. The number of amides is 3. The van der Waals surface area contributed by atoms with Crippen molar-refractivity contribution in [2.75, 3.05) is 6.54 Å². The van der Waals surface area contributed by atoms with E-state index < -0.39 is 12.1 Å². The predicted molar refractivity (Wildman–Crippen MR) is 105 cm³/mol. The summed E-state index contributed by atoms with van der Waals surface area (Å²) < 4.78 is 5.64. The molecule has 6 heteroatoms. The van der Waals surface area contributed by atoms with E-state index in [0.29, 0.717) is 6.54 Å². The second-order valence-electron chi connectivity index (χ2n) is 6.33. The van der Waals surface area contributed by atoms with Crippen LogP contribution < -0.4 is 16.0 Å². The van der Waals surface area contributed by atoms with Gasteiger partial charge >= 0.3 is 6.03 Å². The van der Waals surface area contributed by atoms with Crippen LogP contribution in [0.2, 0.25) is 0 Å². The first-order valence-electron chi connectivity index (χ1n) is 9.26. The molecule has 28 heavy (non-hydrogen) atoms. The predicted octanol–water partition coefficient (Wildman–Crippen LogP) is 2.52. The minimum Gasteiger partial charge on any atom is -0.463 e. The number of carbonyl (C=O) groups is 2. The molecule has 144 valence electrons. The summed E-state index contributed by atoms with van der Waals surface area (Å²) in [5.74, 6) is 0.350. The smallest absolute Gasteiger partial charge is 0.321 e. The Morgan fingerprint density at radius 1 is 0.929 bits per heavy atom. The zero-order valence-corrected chi connectivity index (χ0v) is 15.7. The number of nitrogens with one attached hydrogen (secondary N) is 2. The molecule has 1 aromatic heterocycles. The number of rotatable bonds is 7. The molecule has 0 saturated heterocycles. The topological polar surface area (TPSA) is 88.0 Å². The van der Waals surface area contributed by atoms with Crippen molar-refractivity contribution in [1.82, 2.24) is 10.6 Å². The van der Waals surface area contributed by atoms with E-state index in [4.69, 9.17) is 4.42 Å². The summed E-state index contributed by atoms with van der Waals surface area (Å²) in [6, 6.07) is 21.6. The van der Waals surface area contributed by atoms with Crippen molar-refractivity contribution >= 4 is 11.9 Å². The molecule has 0 spiro atoms. The molecule has 0 aliphatic rings. The van der Waals surface area contributed by atoms with Gasteiger partial charge in [-0.1, -0.05) is 60.7 Å². The monoisotopic (exact) mass is 378 g/mol. The van der Waals surface area contributed by atoms with Gasteiger partial charge in [-0.3, -0.25) is 10.1 Å². The Balaban J connectivity index is 1.92. The summed E-state index contributed by atoms with van der Waals surface area (Å²) in [5.41, 5.74) is 1.81. The van der Waals surface area contributed by atoms with Gasteiger partial charge < -0.3 is 15.1 Å². The van der Waals surface area contributed by atoms with Crippen LogP contribution >= 0.6 is 0 Å². The Kier molecular flexibility index (Phi) is 6.59. The third kappa shape index (κ3) is 4.86. The van der Waals surface area contributed by atoms with E-state index in [0.717, 1.165) is 16.9 Å². The van der Waals surface area contributed by atoms with Crippen molar-refractivity contribution in [3.05, 3.63) is 95.9 Å². The fourth-order valence-corrected chi connectivity index (χ4v) is 3.10. The van der Waals surface area contributed by atoms with E-state index in [1.807, 2.05) is 78.1 Å². The molecule has 1 heterocycles. The van der Waals surface area contributed by atoms with E-state index in [1.54, 1.807) is 13.2 Å². The van der Waals surface area contributed by atoms with Gasteiger partial charge in [-0.25, -0.2) is 4.79 Å². The number of hydrogen-bond donors (Lipinski definition) is 3. The summed E-state index contributed by atoms with van der Waals surface area (Å²) in [5, 5.41) is 6.94. The average molecular weight is 378 g/mol. The maximum absolute atomic E-state index is 12.9. The Bertz CT molecular complexity index is 880. The third-order valence-corrected chi connectivity index (χ3v) is 4.41. The summed E-state index contributed by atoms with van der Waals surface area (Å²) in [6.07, 6.45) is 1.62. The van der Waals surface area contributed by atoms with Gasteiger partial charge in [0.2, 0.25) is 0 Å². The van der Waals surface area contributed by atoms with Gasteiger partial charge in [0.15, 0.2) is 17.8 Å². The molecule has 6 nitrogen and oxygen atoms in total. The van der Waals surface area contributed by atoms with Gasteiger partial charge in [-0.05, 0) is 19.1 Å². The Morgan fingerprint density at radius 2 is 1.57 bits per heavy atom. The lowest BCUT2D eigenvalue weighted by atomic mass is 10.00. The molecule has 2 aromatic carbocycles. The standard InChI is InChI=1S/C22H23N3O3/c1-2-23-22(27)25-21(26)20(17-12-7-4-8-13-17)24-19(18-14-9-15-28-18)16-10-5-3-6-11-16/h3-15,19-20,24H,2H2,1H3,(H2,23,25,26,27)/p+1/t19-,20-/m1/s1. The fraction of sp³-hybridized carbons (Fsp3) is 0.182. The number of nitrogens with two attached hydrogens (primary N) is 1. The molecule has 0 saturated carbocycles. The van der Waals surface area contributed by atoms with E-state index >= 15 is 0 Å². The van der Waals surface area contributed by atoms with Crippen molar-refractivity contribution in [3.63, 3.8) is 0 Å². The Hall–Kier alpha value is -3.38. The van der Waals surface area contributed by atoms with Gasteiger partial charge in [0.1, 0.15) is 0 Å². The van der Waals surface area contributed by atoms with Crippen LogP contribution in [-0.2, 0) is 4.79 Å². The molecular weight excluding hydrogens is 354 g/mol. The molecular formula is C22H24N3O3+.